The van der Waals surface area contributed by atoms with Gasteiger partial charge in [-0.15, -0.1) is 12.6 Å². The van der Waals surface area contributed by atoms with Crippen molar-refractivity contribution in [2.75, 3.05) is 0 Å². The van der Waals surface area contributed by atoms with Crippen LogP contribution in [0.25, 0.3) is 5.57 Å². The molecule has 0 atom stereocenters. The molecule has 0 spiro atoms. The molecule has 1 rings (SSSR count). The molecular formula is C11H13NSU. The summed E-state index contributed by atoms with van der Waals surface area (Å²) in [7, 11) is 0. The summed E-state index contributed by atoms with van der Waals surface area (Å²) < 4.78 is 0. The monoisotopic (exact) mass is 429 g/mol. The minimum absolute atomic E-state index is 0. The van der Waals surface area contributed by atoms with Gasteiger partial charge in [0.05, 0.1) is 5.69 Å². The Balaban J connectivity index is 0.00000169. The average Bonchev–Trinajstić information content (AvgIpc) is 2.04. The van der Waals surface area contributed by atoms with Crippen LogP contribution in [-0.4, -0.2) is 6.72 Å². The van der Waals surface area contributed by atoms with Crippen molar-refractivity contribution in [3.63, 3.8) is 0 Å². The number of benzene rings is 1. The molecule has 0 bridgehead atoms. The molecule has 14 heavy (non-hydrogen) atoms. The van der Waals surface area contributed by atoms with E-state index in [2.05, 4.69) is 30.9 Å². The summed E-state index contributed by atoms with van der Waals surface area (Å²) in [5, 5.41) is 0. The molecule has 0 aliphatic heterocycles. The second-order valence-electron chi connectivity index (χ2n) is 3.04. The summed E-state index contributed by atoms with van der Waals surface area (Å²) >= 11 is 4.37. The van der Waals surface area contributed by atoms with Crippen LogP contribution in [0.4, 0.5) is 5.69 Å². The molecule has 72 valence electrons. The molecular weight excluding hydrogens is 416 g/mol. The predicted octanol–water partition coefficient (Wildman–Crippen LogP) is 3.65. The maximum atomic E-state index is 4.37. The maximum Gasteiger partial charge on any atom is 0.0658 e. The van der Waals surface area contributed by atoms with Gasteiger partial charge in [-0.05, 0) is 49.4 Å². The summed E-state index contributed by atoms with van der Waals surface area (Å²) in [5.74, 6) is 0. The molecule has 3 heteroatoms. The van der Waals surface area contributed by atoms with Crippen molar-refractivity contribution in [1.29, 1.82) is 0 Å². The normalized spacial score (nSPS) is 9.07. The Labute approximate surface area is 114 Å². The van der Waals surface area contributed by atoms with Crippen LogP contribution in [0.2, 0.25) is 0 Å². The molecule has 1 aromatic carbocycles. The molecule has 0 radical (unpaired) electrons. The van der Waals surface area contributed by atoms with Crippen molar-refractivity contribution in [3.8, 4) is 0 Å². The fourth-order valence-electron chi connectivity index (χ4n) is 1.40. The maximum absolute atomic E-state index is 4.37. The van der Waals surface area contributed by atoms with Crippen LogP contribution in [0.1, 0.15) is 18.1 Å². The molecule has 0 aliphatic rings. The topological polar surface area (TPSA) is 12.4 Å². The second-order valence-corrected chi connectivity index (χ2v) is 3.52. The SMILES string of the molecule is C=Nc1ccc(S)c(C(=C)C)c1C.[U]. The van der Waals surface area contributed by atoms with E-state index >= 15 is 0 Å². The zero-order valence-corrected chi connectivity index (χ0v) is 13.5. The van der Waals surface area contributed by atoms with Crippen LogP contribution in [-0.2, 0) is 0 Å². The van der Waals surface area contributed by atoms with Crippen molar-refractivity contribution >= 4 is 30.6 Å². The Hall–Kier alpha value is 0.0319. The largest absolute Gasteiger partial charge is 0.264 e. The fraction of sp³-hybridized carbons (Fsp3) is 0.182. The Morgan fingerprint density at radius 2 is 2.00 bits per heavy atom. The molecule has 0 amide bonds. The summed E-state index contributed by atoms with van der Waals surface area (Å²) in [6.07, 6.45) is 0. The van der Waals surface area contributed by atoms with Crippen molar-refractivity contribution < 1.29 is 31.1 Å². The van der Waals surface area contributed by atoms with Gasteiger partial charge in [0.1, 0.15) is 0 Å². The first kappa shape index (κ1) is 14.0. The van der Waals surface area contributed by atoms with E-state index in [1.807, 2.05) is 26.0 Å². The van der Waals surface area contributed by atoms with Gasteiger partial charge in [-0.2, -0.15) is 0 Å². The van der Waals surface area contributed by atoms with Crippen molar-refractivity contribution in [1.82, 2.24) is 0 Å². The summed E-state index contributed by atoms with van der Waals surface area (Å²) in [6.45, 7) is 11.4. The third-order valence-electron chi connectivity index (χ3n) is 2.01. The third-order valence-corrected chi connectivity index (χ3v) is 2.38. The van der Waals surface area contributed by atoms with Gasteiger partial charge in [-0.25, -0.2) is 0 Å². The Kier molecular flexibility index (Phi) is 5.82. The number of hydrogen-bond acceptors (Lipinski definition) is 2. The zero-order chi connectivity index (χ0) is 10.0. The van der Waals surface area contributed by atoms with Crippen LogP contribution in [0, 0.1) is 38.0 Å². The van der Waals surface area contributed by atoms with Crippen LogP contribution < -0.4 is 0 Å². The molecule has 0 aromatic heterocycles. The molecule has 0 heterocycles. The molecule has 0 aliphatic carbocycles. The van der Waals surface area contributed by atoms with Crippen molar-refractivity contribution in [3.05, 3.63) is 29.8 Å². The van der Waals surface area contributed by atoms with E-state index in [9.17, 15) is 0 Å². The quantitative estimate of drug-likeness (QED) is 0.545. The smallest absolute Gasteiger partial charge is 0.0658 e. The van der Waals surface area contributed by atoms with E-state index < -0.39 is 0 Å². The minimum Gasteiger partial charge on any atom is -0.264 e. The molecule has 0 N–H and O–H groups in total. The predicted molar refractivity (Wildman–Crippen MR) is 62.3 cm³/mol. The summed E-state index contributed by atoms with van der Waals surface area (Å²) in [5.41, 5.74) is 4.08. The third kappa shape index (κ3) is 2.76. The van der Waals surface area contributed by atoms with Crippen molar-refractivity contribution in [2.24, 2.45) is 4.99 Å². The first-order chi connectivity index (χ1) is 6.07. The van der Waals surface area contributed by atoms with Gasteiger partial charge in [0.2, 0.25) is 0 Å². The van der Waals surface area contributed by atoms with E-state index in [0.29, 0.717) is 0 Å². The van der Waals surface area contributed by atoms with Crippen molar-refractivity contribution in [2.45, 2.75) is 18.7 Å². The summed E-state index contributed by atoms with van der Waals surface area (Å²) in [4.78, 5) is 4.87. The van der Waals surface area contributed by atoms with Gasteiger partial charge < -0.3 is 0 Å². The van der Waals surface area contributed by atoms with Crippen LogP contribution in [0.15, 0.2) is 28.6 Å². The van der Waals surface area contributed by atoms with Crippen LogP contribution in [0.3, 0.4) is 0 Å². The fourth-order valence-corrected chi connectivity index (χ4v) is 1.83. The van der Waals surface area contributed by atoms with Gasteiger partial charge in [0.15, 0.2) is 0 Å². The van der Waals surface area contributed by atoms with Gasteiger partial charge in [-0.1, -0.05) is 6.58 Å². The van der Waals surface area contributed by atoms with E-state index in [-0.39, 0.29) is 31.1 Å². The van der Waals surface area contributed by atoms with Crippen LogP contribution in [0.5, 0.6) is 0 Å². The molecule has 0 unspecified atom stereocenters. The number of rotatable bonds is 2. The van der Waals surface area contributed by atoms with E-state index in [1.54, 1.807) is 0 Å². The molecule has 0 fully saturated rings. The van der Waals surface area contributed by atoms with Gasteiger partial charge in [-0.3, -0.25) is 4.99 Å². The van der Waals surface area contributed by atoms with E-state index in [0.717, 1.165) is 27.3 Å². The minimum atomic E-state index is 0. The standard InChI is InChI=1S/C11H13NS.U/c1-7(2)11-8(3)9(12-4)5-6-10(11)13;/h5-6,13H,1,4H2,2-3H3;. The second kappa shape index (κ2) is 5.80. The first-order valence-electron chi connectivity index (χ1n) is 4.03. The summed E-state index contributed by atoms with van der Waals surface area (Å²) in [6, 6.07) is 3.83. The number of hydrogen-bond donors (Lipinski definition) is 1. The van der Waals surface area contributed by atoms with E-state index in [1.165, 1.54) is 0 Å². The first-order valence-corrected chi connectivity index (χ1v) is 4.47. The zero-order valence-electron chi connectivity index (χ0n) is 8.46. The molecule has 1 nitrogen and oxygen atoms in total. The average molecular weight is 429 g/mol. The van der Waals surface area contributed by atoms with Crippen LogP contribution >= 0.6 is 12.6 Å². The number of thiol groups is 1. The number of allylic oxidation sites excluding steroid dienone is 1. The molecule has 0 saturated heterocycles. The number of nitrogens with zero attached hydrogens (tertiary/aromatic N) is 1. The molecule has 0 saturated carbocycles. The Morgan fingerprint density at radius 3 is 2.43 bits per heavy atom. The Morgan fingerprint density at radius 1 is 1.43 bits per heavy atom. The molecule has 1 aromatic rings. The van der Waals surface area contributed by atoms with Gasteiger partial charge in [0.25, 0.3) is 0 Å². The van der Waals surface area contributed by atoms with Gasteiger partial charge in [0, 0.05) is 36.0 Å². The van der Waals surface area contributed by atoms with Gasteiger partial charge >= 0.3 is 0 Å². The van der Waals surface area contributed by atoms with E-state index in [4.69, 9.17) is 0 Å². The number of aliphatic imine (C=N–C) groups is 1. The Bertz CT molecular complexity index is 372.